The third kappa shape index (κ3) is 6.15. The van der Waals surface area contributed by atoms with Crippen LogP contribution in [0.15, 0.2) is 42.5 Å². The molecule has 0 saturated heterocycles. The molecular formula is C17H18Cl2N2O2S. The Labute approximate surface area is 155 Å². The second-order valence-electron chi connectivity index (χ2n) is 4.90. The molecule has 0 atom stereocenters. The Morgan fingerprint density at radius 2 is 2.04 bits per heavy atom. The Bertz CT molecular complexity index is 698. The number of hydrogen-bond donors (Lipinski definition) is 2. The number of amides is 2. The smallest absolute Gasteiger partial charge is 0.319 e. The summed E-state index contributed by atoms with van der Waals surface area (Å²) in [5.41, 5.74) is 1.72. The van der Waals surface area contributed by atoms with Gasteiger partial charge in [0.25, 0.3) is 0 Å². The minimum absolute atomic E-state index is 0.242. The van der Waals surface area contributed by atoms with Gasteiger partial charge >= 0.3 is 6.03 Å². The maximum Gasteiger partial charge on any atom is 0.319 e. The van der Waals surface area contributed by atoms with Crippen molar-refractivity contribution in [2.75, 3.05) is 24.7 Å². The molecule has 0 fully saturated rings. The van der Waals surface area contributed by atoms with Crippen LogP contribution < -0.4 is 15.4 Å². The highest BCUT2D eigenvalue weighted by Gasteiger charge is 2.04. The number of urea groups is 1. The minimum atomic E-state index is -0.242. The van der Waals surface area contributed by atoms with Crippen molar-refractivity contribution in [3.05, 3.63) is 58.1 Å². The summed E-state index contributed by atoms with van der Waals surface area (Å²) in [4.78, 5) is 11.8. The molecule has 0 spiro atoms. The number of ether oxygens (including phenoxy) is 1. The van der Waals surface area contributed by atoms with Gasteiger partial charge in [0.15, 0.2) is 0 Å². The van der Waals surface area contributed by atoms with Gasteiger partial charge in [0.2, 0.25) is 0 Å². The van der Waals surface area contributed by atoms with Crippen LogP contribution in [0.5, 0.6) is 5.75 Å². The quantitative estimate of drug-likeness (QED) is 0.656. The van der Waals surface area contributed by atoms with E-state index in [0.29, 0.717) is 28.0 Å². The van der Waals surface area contributed by atoms with Crippen molar-refractivity contribution < 1.29 is 9.53 Å². The first kappa shape index (κ1) is 18.8. The van der Waals surface area contributed by atoms with Gasteiger partial charge in [0, 0.05) is 39.8 Å². The van der Waals surface area contributed by atoms with Gasteiger partial charge in [-0.3, -0.25) is 0 Å². The van der Waals surface area contributed by atoms with Gasteiger partial charge in [0.05, 0.1) is 7.11 Å². The van der Waals surface area contributed by atoms with E-state index in [4.69, 9.17) is 27.9 Å². The number of carbonyl (C=O) groups is 1. The highest BCUT2D eigenvalue weighted by molar-refractivity contribution is 7.98. The number of hydrogen-bond acceptors (Lipinski definition) is 3. The molecule has 0 aliphatic carbocycles. The molecule has 128 valence electrons. The average Bonchev–Trinajstić information content (AvgIpc) is 2.56. The first-order chi connectivity index (χ1) is 11.6. The third-order valence-electron chi connectivity index (χ3n) is 3.13. The SMILES string of the molecule is COc1cccc(NC(=O)NCCSCc2ccc(Cl)cc2Cl)c1. The van der Waals surface area contributed by atoms with Crippen LogP contribution in [0.3, 0.4) is 0 Å². The second kappa shape index (κ2) is 9.67. The number of anilines is 1. The van der Waals surface area contributed by atoms with E-state index in [1.54, 1.807) is 37.1 Å². The number of carbonyl (C=O) groups excluding carboxylic acids is 1. The molecule has 2 aromatic rings. The molecule has 0 saturated carbocycles. The first-order valence-electron chi connectivity index (χ1n) is 7.29. The molecule has 2 rings (SSSR count). The van der Waals surface area contributed by atoms with Crippen molar-refractivity contribution >= 4 is 46.7 Å². The zero-order chi connectivity index (χ0) is 17.4. The normalized spacial score (nSPS) is 10.3. The highest BCUT2D eigenvalue weighted by Crippen LogP contribution is 2.24. The van der Waals surface area contributed by atoms with Crippen LogP contribution in [0.1, 0.15) is 5.56 Å². The summed E-state index contributed by atoms with van der Waals surface area (Å²) in [5, 5.41) is 6.87. The van der Waals surface area contributed by atoms with E-state index in [9.17, 15) is 4.79 Å². The van der Waals surface area contributed by atoms with Crippen molar-refractivity contribution in [2.24, 2.45) is 0 Å². The van der Waals surface area contributed by atoms with Crippen molar-refractivity contribution in [2.45, 2.75) is 5.75 Å². The number of nitrogens with one attached hydrogen (secondary N) is 2. The fourth-order valence-corrected chi connectivity index (χ4v) is 3.35. The zero-order valence-corrected chi connectivity index (χ0v) is 15.5. The second-order valence-corrected chi connectivity index (χ2v) is 6.85. The lowest BCUT2D eigenvalue weighted by atomic mass is 10.2. The molecule has 2 amide bonds. The van der Waals surface area contributed by atoms with Crippen LogP contribution in [0.4, 0.5) is 10.5 Å². The molecule has 2 N–H and O–H groups in total. The van der Waals surface area contributed by atoms with Crippen molar-refractivity contribution in [3.63, 3.8) is 0 Å². The molecule has 0 aliphatic rings. The van der Waals surface area contributed by atoms with Crippen LogP contribution >= 0.6 is 35.0 Å². The van der Waals surface area contributed by atoms with E-state index < -0.39 is 0 Å². The summed E-state index contributed by atoms with van der Waals surface area (Å²) in [6.45, 7) is 0.561. The number of benzene rings is 2. The Hall–Kier alpha value is -1.56. The van der Waals surface area contributed by atoms with Crippen LogP contribution in [0.25, 0.3) is 0 Å². The maximum absolute atomic E-state index is 11.8. The Morgan fingerprint density at radius 3 is 2.79 bits per heavy atom. The number of thioether (sulfide) groups is 1. The summed E-state index contributed by atoms with van der Waals surface area (Å²) < 4.78 is 5.11. The van der Waals surface area contributed by atoms with E-state index in [0.717, 1.165) is 17.1 Å². The summed E-state index contributed by atoms with van der Waals surface area (Å²) >= 11 is 13.7. The predicted molar refractivity (Wildman–Crippen MR) is 103 cm³/mol. The lowest BCUT2D eigenvalue weighted by Crippen LogP contribution is -2.30. The van der Waals surface area contributed by atoms with Gasteiger partial charge in [0.1, 0.15) is 5.75 Å². The molecule has 0 bridgehead atoms. The topological polar surface area (TPSA) is 50.4 Å². The lowest BCUT2D eigenvalue weighted by Gasteiger charge is -2.09. The Balaban J connectivity index is 1.67. The molecule has 0 aliphatic heterocycles. The van der Waals surface area contributed by atoms with E-state index in [2.05, 4.69) is 10.6 Å². The molecule has 0 radical (unpaired) electrons. The summed E-state index contributed by atoms with van der Waals surface area (Å²) in [6, 6.07) is 12.4. The summed E-state index contributed by atoms with van der Waals surface area (Å²) in [7, 11) is 1.59. The van der Waals surface area contributed by atoms with Crippen molar-refractivity contribution in [1.82, 2.24) is 5.32 Å². The van der Waals surface area contributed by atoms with Gasteiger partial charge in [-0.25, -0.2) is 4.79 Å². The fraction of sp³-hybridized carbons (Fsp3) is 0.235. The molecule has 0 aromatic heterocycles. The van der Waals surface area contributed by atoms with Gasteiger partial charge < -0.3 is 15.4 Å². The molecular weight excluding hydrogens is 367 g/mol. The molecule has 24 heavy (non-hydrogen) atoms. The van der Waals surface area contributed by atoms with E-state index in [1.807, 2.05) is 24.3 Å². The lowest BCUT2D eigenvalue weighted by molar-refractivity contribution is 0.252. The molecule has 7 heteroatoms. The van der Waals surface area contributed by atoms with Crippen LogP contribution in [-0.4, -0.2) is 25.4 Å². The van der Waals surface area contributed by atoms with Gasteiger partial charge in [-0.05, 0) is 29.8 Å². The van der Waals surface area contributed by atoms with Gasteiger partial charge in [-0.1, -0.05) is 35.3 Å². The Morgan fingerprint density at radius 1 is 1.21 bits per heavy atom. The largest absolute Gasteiger partial charge is 0.497 e. The maximum atomic E-state index is 11.8. The molecule has 0 heterocycles. The molecule has 0 unspecified atom stereocenters. The predicted octanol–water partition coefficient (Wildman–Crippen LogP) is 5.06. The minimum Gasteiger partial charge on any atom is -0.497 e. The van der Waals surface area contributed by atoms with Crippen molar-refractivity contribution in [3.8, 4) is 5.75 Å². The van der Waals surface area contributed by atoms with Gasteiger partial charge in [-0.2, -0.15) is 11.8 Å². The van der Waals surface area contributed by atoms with Crippen molar-refractivity contribution in [1.29, 1.82) is 0 Å². The number of rotatable bonds is 7. The number of methoxy groups -OCH3 is 1. The summed E-state index contributed by atoms with van der Waals surface area (Å²) in [6.07, 6.45) is 0. The third-order valence-corrected chi connectivity index (χ3v) is 4.73. The first-order valence-corrected chi connectivity index (χ1v) is 9.20. The highest BCUT2D eigenvalue weighted by atomic mass is 35.5. The van der Waals surface area contributed by atoms with Crippen LogP contribution in [0.2, 0.25) is 10.0 Å². The summed E-state index contributed by atoms with van der Waals surface area (Å²) in [5.74, 6) is 2.25. The Kier molecular flexibility index (Phi) is 7.56. The average molecular weight is 385 g/mol. The molecule has 2 aromatic carbocycles. The van der Waals surface area contributed by atoms with Crippen LogP contribution in [0, 0.1) is 0 Å². The van der Waals surface area contributed by atoms with E-state index in [-0.39, 0.29) is 6.03 Å². The van der Waals surface area contributed by atoms with E-state index in [1.165, 1.54) is 0 Å². The number of halogens is 2. The van der Waals surface area contributed by atoms with Gasteiger partial charge in [-0.15, -0.1) is 0 Å². The molecule has 4 nitrogen and oxygen atoms in total. The zero-order valence-electron chi connectivity index (χ0n) is 13.1. The van der Waals surface area contributed by atoms with E-state index >= 15 is 0 Å². The monoisotopic (exact) mass is 384 g/mol. The fourth-order valence-electron chi connectivity index (χ4n) is 1.93. The standard InChI is InChI=1S/C17H18Cl2N2O2S/c1-23-15-4-2-3-14(10-15)21-17(22)20-7-8-24-11-12-5-6-13(18)9-16(12)19/h2-6,9-10H,7-8,11H2,1H3,(H2,20,21,22). The van der Waals surface area contributed by atoms with Crippen LogP contribution in [-0.2, 0) is 5.75 Å².